The molecule has 0 fully saturated rings. The number of allylic oxidation sites excluding steroid dienone is 4. The largest absolute Gasteiger partial charge is 0.477 e. The summed E-state index contributed by atoms with van der Waals surface area (Å²) in [6, 6.07) is 8.51. The highest BCUT2D eigenvalue weighted by atomic mass is 19.1. The maximum Gasteiger partial charge on any atom is 0.353 e. The summed E-state index contributed by atoms with van der Waals surface area (Å²) in [5, 5.41) is 18.8. The average Bonchev–Trinajstić information content (AvgIpc) is 3.27. The third-order valence-electron chi connectivity index (χ3n) is 5.83. The zero-order chi connectivity index (χ0) is 22.6. The van der Waals surface area contributed by atoms with Gasteiger partial charge in [0.25, 0.3) is 0 Å². The van der Waals surface area contributed by atoms with Crippen LogP contribution in [0.1, 0.15) is 33.6 Å². The van der Waals surface area contributed by atoms with Gasteiger partial charge in [0.15, 0.2) is 5.78 Å². The first-order valence-corrected chi connectivity index (χ1v) is 10.1. The molecule has 0 atom stereocenters. The van der Waals surface area contributed by atoms with Crippen LogP contribution in [0.5, 0.6) is 0 Å². The van der Waals surface area contributed by atoms with Gasteiger partial charge in [-0.2, -0.15) is 0 Å². The minimum absolute atomic E-state index is 0.0425. The molecule has 5 rings (SSSR count). The summed E-state index contributed by atoms with van der Waals surface area (Å²) in [6.45, 7) is 1.79. The SMILES string of the molecule is Cc1cc2c(C3=CC=CCC3=O)c(C(=O)O)n(Cc3ccc4c(c3)nnn4C)c2cc1F. The van der Waals surface area contributed by atoms with Crippen LogP contribution in [-0.4, -0.2) is 36.4 Å². The summed E-state index contributed by atoms with van der Waals surface area (Å²) in [5.41, 5.74) is 3.71. The number of benzene rings is 2. The molecule has 8 heteroatoms. The average molecular weight is 430 g/mol. The lowest BCUT2D eigenvalue weighted by molar-refractivity contribution is -0.113. The first-order valence-electron chi connectivity index (χ1n) is 10.1. The van der Waals surface area contributed by atoms with Crippen molar-refractivity contribution in [3.63, 3.8) is 0 Å². The molecule has 160 valence electrons. The van der Waals surface area contributed by atoms with Crippen molar-refractivity contribution in [3.8, 4) is 0 Å². The van der Waals surface area contributed by atoms with E-state index < -0.39 is 11.8 Å². The van der Waals surface area contributed by atoms with Gasteiger partial charge < -0.3 is 9.67 Å². The van der Waals surface area contributed by atoms with Crippen LogP contribution in [0.15, 0.2) is 48.6 Å². The van der Waals surface area contributed by atoms with Crippen LogP contribution in [0.2, 0.25) is 0 Å². The lowest BCUT2D eigenvalue weighted by atomic mass is 9.93. The fourth-order valence-electron chi connectivity index (χ4n) is 4.27. The molecule has 7 nitrogen and oxygen atoms in total. The van der Waals surface area contributed by atoms with Crippen LogP contribution in [-0.2, 0) is 18.4 Å². The molecule has 1 N–H and O–H groups in total. The number of carbonyl (C=O) groups excluding carboxylic acids is 1. The molecule has 0 spiro atoms. The standard InChI is InChI=1S/C24H19FN4O3/c1-13-9-16-20(11-17(13)25)29(12-14-7-8-19-18(10-14)26-27-28(19)2)23(24(31)32)22(16)15-5-3-4-6-21(15)30/h3-5,7-11H,6,12H2,1-2H3,(H,31,32). The van der Waals surface area contributed by atoms with Gasteiger partial charge in [-0.3, -0.25) is 4.79 Å². The third kappa shape index (κ3) is 3.03. The second-order valence-corrected chi connectivity index (χ2v) is 7.91. The maximum absolute atomic E-state index is 14.6. The first-order chi connectivity index (χ1) is 15.3. The molecular weight excluding hydrogens is 411 g/mol. The predicted molar refractivity (Wildman–Crippen MR) is 118 cm³/mol. The van der Waals surface area contributed by atoms with Gasteiger partial charge in [-0.15, -0.1) is 5.10 Å². The maximum atomic E-state index is 14.6. The van der Waals surface area contributed by atoms with E-state index in [1.807, 2.05) is 18.2 Å². The van der Waals surface area contributed by atoms with Crippen molar-refractivity contribution in [2.45, 2.75) is 19.9 Å². The van der Waals surface area contributed by atoms with Crippen LogP contribution in [0.25, 0.3) is 27.5 Å². The summed E-state index contributed by atoms with van der Waals surface area (Å²) in [7, 11) is 1.79. The molecule has 0 amide bonds. The van der Waals surface area contributed by atoms with Gasteiger partial charge in [-0.25, -0.2) is 13.9 Å². The molecule has 4 aromatic rings. The van der Waals surface area contributed by atoms with Crippen LogP contribution >= 0.6 is 0 Å². The molecule has 2 aromatic heterocycles. The van der Waals surface area contributed by atoms with Crippen molar-refractivity contribution in [2.24, 2.45) is 7.05 Å². The Morgan fingerprint density at radius 2 is 2.03 bits per heavy atom. The first kappa shape index (κ1) is 19.9. The van der Waals surface area contributed by atoms with E-state index in [0.29, 0.717) is 33.1 Å². The highest BCUT2D eigenvalue weighted by Gasteiger charge is 2.28. The number of ketones is 1. The van der Waals surface area contributed by atoms with Gasteiger partial charge in [-0.1, -0.05) is 29.5 Å². The number of aromatic nitrogens is 4. The summed E-state index contributed by atoms with van der Waals surface area (Å²) >= 11 is 0. The lowest BCUT2D eigenvalue weighted by Crippen LogP contribution is -2.13. The van der Waals surface area contributed by atoms with Gasteiger partial charge in [-0.05, 0) is 42.3 Å². The predicted octanol–water partition coefficient (Wildman–Crippen LogP) is 4.03. The fourth-order valence-corrected chi connectivity index (χ4v) is 4.27. The molecule has 32 heavy (non-hydrogen) atoms. The Bertz CT molecular complexity index is 1510. The van der Waals surface area contributed by atoms with Crippen molar-refractivity contribution >= 4 is 39.3 Å². The Kier molecular flexibility index (Phi) is 4.51. The number of halogens is 1. The topological polar surface area (TPSA) is 90.0 Å². The van der Waals surface area contributed by atoms with Crippen molar-refractivity contribution in [1.82, 2.24) is 19.6 Å². The van der Waals surface area contributed by atoms with E-state index in [1.165, 1.54) is 6.07 Å². The Balaban J connectivity index is 1.79. The van der Waals surface area contributed by atoms with E-state index in [9.17, 15) is 19.1 Å². The molecule has 2 heterocycles. The smallest absolute Gasteiger partial charge is 0.353 e. The van der Waals surface area contributed by atoms with Crippen molar-refractivity contribution < 1.29 is 19.1 Å². The highest BCUT2D eigenvalue weighted by molar-refractivity contribution is 6.27. The number of carboxylic acid groups (broad SMARTS) is 1. The zero-order valence-electron chi connectivity index (χ0n) is 17.5. The molecule has 0 bridgehead atoms. The van der Waals surface area contributed by atoms with Crippen LogP contribution in [0.3, 0.4) is 0 Å². The van der Waals surface area contributed by atoms with E-state index in [0.717, 1.165) is 11.1 Å². The van der Waals surface area contributed by atoms with Crippen LogP contribution < -0.4 is 0 Å². The molecule has 0 saturated carbocycles. The number of aryl methyl sites for hydroxylation is 2. The number of hydrogen-bond donors (Lipinski definition) is 1. The molecule has 0 radical (unpaired) electrons. The second-order valence-electron chi connectivity index (χ2n) is 7.91. The molecule has 0 unspecified atom stereocenters. The van der Waals surface area contributed by atoms with E-state index in [1.54, 1.807) is 47.5 Å². The van der Waals surface area contributed by atoms with Crippen molar-refractivity contribution in [1.29, 1.82) is 0 Å². The highest BCUT2D eigenvalue weighted by Crippen LogP contribution is 2.36. The van der Waals surface area contributed by atoms with Gasteiger partial charge in [0, 0.05) is 36.5 Å². The monoisotopic (exact) mass is 430 g/mol. The molecular formula is C24H19FN4O3. The Morgan fingerprint density at radius 3 is 2.78 bits per heavy atom. The summed E-state index contributed by atoms with van der Waals surface area (Å²) in [4.78, 5) is 25.1. The molecule has 0 saturated heterocycles. The van der Waals surface area contributed by atoms with Gasteiger partial charge in [0.1, 0.15) is 17.0 Å². The van der Waals surface area contributed by atoms with Gasteiger partial charge >= 0.3 is 5.97 Å². The molecule has 1 aliphatic rings. The van der Waals surface area contributed by atoms with E-state index in [4.69, 9.17) is 0 Å². The number of carboxylic acids is 1. The number of rotatable bonds is 4. The number of fused-ring (bicyclic) bond motifs is 2. The molecule has 2 aromatic carbocycles. The van der Waals surface area contributed by atoms with Crippen LogP contribution in [0.4, 0.5) is 4.39 Å². The number of nitrogens with zero attached hydrogens (tertiary/aromatic N) is 4. The minimum atomic E-state index is -1.18. The van der Waals surface area contributed by atoms with E-state index in [2.05, 4.69) is 10.3 Å². The minimum Gasteiger partial charge on any atom is -0.477 e. The van der Waals surface area contributed by atoms with E-state index >= 15 is 0 Å². The van der Waals surface area contributed by atoms with Crippen LogP contribution in [0, 0.1) is 12.7 Å². The Hall–Kier alpha value is -4.07. The van der Waals surface area contributed by atoms with E-state index in [-0.39, 0.29) is 24.4 Å². The zero-order valence-corrected chi connectivity index (χ0v) is 17.5. The summed E-state index contributed by atoms with van der Waals surface area (Å²) in [6.07, 6.45) is 5.29. The lowest BCUT2D eigenvalue weighted by Gasteiger charge is -2.11. The number of aromatic carboxylic acids is 1. The third-order valence-corrected chi connectivity index (χ3v) is 5.83. The number of Topliss-reactive ketones (excluding diaryl/α,β-unsaturated/α-hetero) is 1. The summed E-state index contributed by atoms with van der Waals surface area (Å²) in [5.74, 6) is -1.79. The van der Waals surface area contributed by atoms with Crippen molar-refractivity contribution in [3.05, 3.63) is 76.8 Å². The molecule has 0 aliphatic heterocycles. The van der Waals surface area contributed by atoms with Gasteiger partial charge in [0.05, 0.1) is 11.0 Å². The second kappa shape index (κ2) is 7.26. The molecule has 1 aliphatic carbocycles. The Morgan fingerprint density at radius 1 is 1.22 bits per heavy atom. The normalized spacial score (nSPS) is 13.8. The number of hydrogen-bond acceptors (Lipinski definition) is 4. The quantitative estimate of drug-likeness (QED) is 0.528. The Labute approximate surface area is 182 Å². The fraction of sp³-hybridized carbons (Fsp3) is 0.167. The number of carbonyl (C=O) groups is 2. The summed E-state index contributed by atoms with van der Waals surface area (Å²) < 4.78 is 17.8. The van der Waals surface area contributed by atoms with Crippen molar-refractivity contribution in [2.75, 3.05) is 0 Å². The van der Waals surface area contributed by atoms with Gasteiger partial charge in [0.2, 0.25) is 0 Å².